The van der Waals surface area contributed by atoms with E-state index in [1.54, 1.807) is 6.92 Å². The van der Waals surface area contributed by atoms with Crippen LogP contribution in [0, 0.1) is 25.5 Å². The Morgan fingerprint density at radius 2 is 1.81 bits per heavy atom. The standard InChI is InChI=1S/C16H14F2N4O3S2/c1-8-16(26-9(2)19-8)27(24,25)21-15(23)12-7-22(3)14(20-12)13-10(17)5-4-6-11(13)18/h4-7H,1-3H3,(H,21,23). The molecule has 11 heteroatoms. The number of hydrogen-bond donors (Lipinski definition) is 1. The van der Waals surface area contributed by atoms with Crippen molar-refractivity contribution in [2.45, 2.75) is 18.1 Å². The van der Waals surface area contributed by atoms with Gasteiger partial charge in [-0.2, -0.15) is 0 Å². The second kappa shape index (κ2) is 6.82. The predicted octanol–water partition coefficient (Wildman–Crippen LogP) is 2.56. The predicted molar refractivity (Wildman–Crippen MR) is 94.8 cm³/mol. The van der Waals surface area contributed by atoms with Crippen LogP contribution in [0.4, 0.5) is 8.78 Å². The summed E-state index contributed by atoms with van der Waals surface area (Å²) >= 11 is 0.929. The van der Waals surface area contributed by atoms with E-state index in [4.69, 9.17) is 0 Å². The third-order valence-corrected chi connectivity index (χ3v) is 6.64. The quantitative estimate of drug-likeness (QED) is 0.711. The van der Waals surface area contributed by atoms with Crippen LogP contribution in [0.3, 0.4) is 0 Å². The molecule has 142 valence electrons. The normalized spacial score (nSPS) is 11.6. The number of benzene rings is 1. The summed E-state index contributed by atoms with van der Waals surface area (Å²) < 4.78 is 55.8. The Hall–Kier alpha value is -2.66. The largest absolute Gasteiger partial charge is 0.333 e. The van der Waals surface area contributed by atoms with Gasteiger partial charge in [-0.05, 0) is 26.0 Å². The van der Waals surface area contributed by atoms with Crippen molar-refractivity contribution in [2.75, 3.05) is 0 Å². The van der Waals surface area contributed by atoms with Crippen molar-refractivity contribution in [3.8, 4) is 11.4 Å². The van der Waals surface area contributed by atoms with E-state index in [0.717, 1.165) is 23.5 Å². The molecule has 0 radical (unpaired) electrons. The number of imidazole rings is 1. The van der Waals surface area contributed by atoms with Crippen molar-refractivity contribution in [1.82, 2.24) is 19.3 Å². The number of halogens is 2. The second-order valence-corrected chi connectivity index (χ2v) is 8.78. The molecule has 1 N–H and O–H groups in total. The van der Waals surface area contributed by atoms with Gasteiger partial charge in [0.05, 0.1) is 16.3 Å². The van der Waals surface area contributed by atoms with E-state index in [2.05, 4.69) is 9.97 Å². The van der Waals surface area contributed by atoms with Gasteiger partial charge >= 0.3 is 0 Å². The summed E-state index contributed by atoms with van der Waals surface area (Å²) in [6, 6.07) is 3.33. The number of nitrogens with one attached hydrogen (secondary N) is 1. The molecule has 0 aliphatic rings. The first-order valence-electron chi connectivity index (χ1n) is 7.59. The third-order valence-electron chi connectivity index (χ3n) is 3.63. The molecule has 7 nitrogen and oxygen atoms in total. The second-order valence-electron chi connectivity index (χ2n) is 5.70. The zero-order chi connectivity index (χ0) is 19.9. The molecule has 0 fully saturated rings. The topological polar surface area (TPSA) is 94.0 Å². The van der Waals surface area contributed by atoms with Gasteiger partial charge in [-0.3, -0.25) is 4.79 Å². The van der Waals surface area contributed by atoms with Gasteiger partial charge in [0.25, 0.3) is 15.9 Å². The van der Waals surface area contributed by atoms with Crippen LogP contribution in [-0.2, 0) is 17.1 Å². The maximum Gasteiger partial charge on any atom is 0.285 e. The van der Waals surface area contributed by atoms with Crippen molar-refractivity contribution >= 4 is 27.3 Å². The summed E-state index contributed by atoms with van der Waals surface area (Å²) in [6.45, 7) is 3.16. The molecule has 1 amide bonds. The van der Waals surface area contributed by atoms with E-state index in [9.17, 15) is 22.0 Å². The lowest BCUT2D eigenvalue weighted by Crippen LogP contribution is -2.30. The summed E-state index contributed by atoms with van der Waals surface area (Å²) in [7, 11) is -2.70. The van der Waals surface area contributed by atoms with Gasteiger partial charge in [0, 0.05) is 13.2 Å². The molecule has 0 unspecified atom stereocenters. The summed E-state index contributed by atoms with van der Waals surface area (Å²) in [4.78, 5) is 20.3. The van der Waals surface area contributed by atoms with Crippen LogP contribution in [0.25, 0.3) is 11.4 Å². The van der Waals surface area contributed by atoms with Gasteiger partial charge in [0.2, 0.25) is 0 Å². The number of thiazole rings is 1. The number of rotatable bonds is 4. The van der Waals surface area contributed by atoms with E-state index in [1.165, 1.54) is 30.8 Å². The Bertz CT molecular complexity index is 1130. The lowest BCUT2D eigenvalue weighted by Gasteiger charge is -2.04. The first kappa shape index (κ1) is 19.1. The molecule has 0 saturated heterocycles. The van der Waals surface area contributed by atoms with Crippen LogP contribution in [-0.4, -0.2) is 28.9 Å². The lowest BCUT2D eigenvalue weighted by molar-refractivity contribution is 0.0977. The number of carbonyl (C=O) groups is 1. The zero-order valence-electron chi connectivity index (χ0n) is 14.4. The smallest absolute Gasteiger partial charge is 0.285 e. The summed E-state index contributed by atoms with van der Waals surface area (Å²) in [6.07, 6.45) is 1.19. The summed E-state index contributed by atoms with van der Waals surface area (Å²) in [5.74, 6) is -2.85. The first-order valence-corrected chi connectivity index (χ1v) is 9.89. The van der Waals surface area contributed by atoms with Crippen LogP contribution in [0.5, 0.6) is 0 Å². The van der Waals surface area contributed by atoms with Gasteiger partial charge in [0.1, 0.15) is 23.2 Å². The molecule has 0 saturated carbocycles. The number of aromatic nitrogens is 3. The molecule has 0 spiro atoms. The van der Waals surface area contributed by atoms with Crippen molar-refractivity contribution in [1.29, 1.82) is 0 Å². The van der Waals surface area contributed by atoms with Gasteiger partial charge in [-0.25, -0.2) is 31.9 Å². The van der Waals surface area contributed by atoms with Crippen molar-refractivity contribution in [3.63, 3.8) is 0 Å². The highest BCUT2D eigenvalue weighted by Crippen LogP contribution is 2.26. The maximum atomic E-state index is 14.0. The molecule has 1 aromatic carbocycles. The number of nitrogens with zero attached hydrogens (tertiary/aromatic N) is 3. The van der Waals surface area contributed by atoms with Crippen LogP contribution in [0.1, 0.15) is 21.2 Å². The average Bonchev–Trinajstić information content (AvgIpc) is 3.10. The minimum atomic E-state index is -4.14. The van der Waals surface area contributed by atoms with Gasteiger partial charge < -0.3 is 4.57 Å². The molecule has 3 aromatic rings. The highest BCUT2D eigenvalue weighted by Gasteiger charge is 2.26. The van der Waals surface area contributed by atoms with E-state index < -0.39 is 33.1 Å². The molecule has 0 aliphatic heterocycles. The molecule has 0 atom stereocenters. The van der Waals surface area contributed by atoms with E-state index >= 15 is 0 Å². The zero-order valence-corrected chi connectivity index (χ0v) is 16.1. The summed E-state index contributed by atoms with van der Waals surface area (Å²) in [5, 5.41) is 0.537. The van der Waals surface area contributed by atoms with Crippen LogP contribution >= 0.6 is 11.3 Å². The van der Waals surface area contributed by atoms with Crippen molar-refractivity contribution < 1.29 is 22.0 Å². The lowest BCUT2D eigenvalue weighted by atomic mass is 10.2. The van der Waals surface area contributed by atoms with E-state index in [0.29, 0.717) is 5.01 Å². The summed E-state index contributed by atoms with van der Waals surface area (Å²) in [5.41, 5.74) is -0.429. The molecule has 2 aromatic heterocycles. The molecule has 2 heterocycles. The number of sulfonamides is 1. The number of carbonyl (C=O) groups excluding carboxylic acids is 1. The fourth-order valence-electron chi connectivity index (χ4n) is 2.50. The minimum absolute atomic E-state index is 0.0790. The SMILES string of the molecule is Cc1nc(C)c(S(=O)(=O)NC(=O)c2cn(C)c(-c3c(F)cccc3F)n2)s1. The molecular formula is C16H14F2N4O3S2. The van der Waals surface area contributed by atoms with E-state index in [1.807, 2.05) is 4.72 Å². The van der Waals surface area contributed by atoms with Crippen molar-refractivity contribution in [2.24, 2.45) is 7.05 Å². The van der Waals surface area contributed by atoms with Gasteiger partial charge in [-0.1, -0.05) is 6.07 Å². The molecule has 0 bridgehead atoms. The Morgan fingerprint density at radius 3 is 2.37 bits per heavy atom. The van der Waals surface area contributed by atoms with Crippen molar-refractivity contribution in [3.05, 3.63) is 52.4 Å². The van der Waals surface area contributed by atoms with Crippen LogP contribution in [0.15, 0.2) is 28.6 Å². The number of amides is 1. The van der Waals surface area contributed by atoms with Crippen LogP contribution < -0.4 is 4.72 Å². The van der Waals surface area contributed by atoms with Gasteiger partial charge in [0.15, 0.2) is 4.21 Å². The van der Waals surface area contributed by atoms with E-state index in [-0.39, 0.29) is 21.4 Å². The monoisotopic (exact) mass is 412 g/mol. The molecular weight excluding hydrogens is 398 g/mol. The highest BCUT2D eigenvalue weighted by molar-refractivity contribution is 7.92. The number of hydrogen-bond acceptors (Lipinski definition) is 6. The fourth-order valence-corrected chi connectivity index (χ4v) is 4.95. The fraction of sp³-hybridized carbons (Fsp3) is 0.188. The van der Waals surface area contributed by atoms with Gasteiger partial charge in [-0.15, -0.1) is 11.3 Å². The highest BCUT2D eigenvalue weighted by atomic mass is 32.2. The molecule has 3 rings (SSSR count). The first-order chi connectivity index (χ1) is 12.6. The average molecular weight is 412 g/mol. The Labute approximate surface area is 157 Å². The Balaban J connectivity index is 1.94. The minimum Gasteiger partial charge on any atom is -0.333 e. The van der Waals surface area contributed by atoms with Crippen LogP contribution in [0.2, 0.25) is 0 Å². The third kappa shape index (κ3) is 3.60. The molecule has 0 aliphatic carbocycles. The maximum absolute atomic E-state index is 14.0. The molecule has 27 heavy (non-hydrogen) atoms. The Morgan fingerprint density at radius 1 is 1.19 bits per heavy atom. The number of aryl methyl sites for hydroxylation is 3. The Kier molecular flexibility index (Phi) is 4.82.